The second-order valence-electron chi connectivity index (χ2n) is 5.37. The number of carbonyl (C=O) groups excluding carboxylic acids is 1. The molecule has 0 aliphatic carbocycles. The number of rotatable bonds is 7. The highest BCUT2D eigenvalue weighted by Gasteiger charge is 2.49. The van der Waals surface area contributed by atoms with Crippen LogP contribution in [0.2, 0.25) is 0 Å². The largest absolute Gasteiger partial charge is 0.364 e. The van der Waals surface area contributed by atoms with E-state index in [2.05, 4.69) is 19.2 Å². The molecule has 2 N–H and O–H groups in total. The summed E-state index contributed by atoms with van der Waals surface area (Å²) in [5, 5.41) is 13.8. The van der Waals surface area contributed by atoms with Gasteiger partial charge in [0, 0.05) is 24.3 Å². The molecule has 4 nitrogen and oxygen atoms in total. The number of carbonyl (C=O) groups is 1. The molecule has 1 aliphatic heterocycles. The topological polar surface area (TPSA) is 52.6 Å². The molecule has 0 fully saturated rings. The molecule has 1 heterocycles. The van der Waals surface area contributed by atoms with Crippen molar-refractivity contribution in [1.29, 1.82) is 0 Å². The molecule has 1 aromatic rings. The summed E-state index contributed by atoms with van der Waals surface area (Å²) in [5.41, 5.74) is -0.115. The van der Waals surface area contributed by atoms with Crippen LogP contribution in [0, 0.1) is 0 Å². The minimum absolute atomic E-state index is 0.328. The summed E-state index contributed by atoms with van der Waals surface area (Å²) in [5.74, 6) is -0.328. The average molecular weight is 276 g/mol. The van der Waals surface area contributed by atoms with Crippen molar-refractivity contribution in [2.45, 2.75) is 45.3 Å². The zero-order chi connectivity index (χ0) is 14.6. The molecule has 1 aliphatic rings. The van der Waals surface area contributed by atoms with Gasteiger partial charge < -0.3 is 10.4 Å². The predicted octanol–water partition coefficient (Wildman–Crippen LogP) is 2.69. The minimum atomic E-state index is -1.51. The molecule has 0 radical (unpaired) electrons. The number of hydrogen-bond donors (Lipinski definition) is 2. The van der Waals surface area contributed by atoms with Crippen molar-refractivity contribution < 1.29 is 9.90 Å². The van der Waals surface area contributed by atoms with E-state index in [0.717, 1.165) is 44.5 Å². The second-order valence-corrected chi connectivity index (χ2v) is 5.37. The standard InChI is InChI=1S/C16H24N2O2/c1-3-5-11-18(12-6-4-2)16(20)13-9-7-8-10-14(13)17-15(16)19/h7-10,20H,3-6,11-12H2,1-2H3,(H,17,19). The molecule has 0 spiro atoms. The molecule has 0 saturated heterocycles. The maximum atomic E-state index is 12.3. The average Bonchev–Trinajstić information content (AvgIpc) is 2.72. The van der Waals surface area contributed by atoms with Crippen molar-refractivity contribution in [2.24, 2.45) is 0 Å². The van der Waals surface area contributed by atoms with Gasteiger partial charge in [-0.2, -0.15) is 0 Å². The monoisotopic (exact) mass is 276 g/mol. The van der Waals surface area contributed by atoms with Crippen LogP contribution in [0.15, 0.2) is 24.3 Å². The molecule has 1 amide bonds. The molecule has 110 valence electrons. The van der Waals surface area contributed by atoms with E-state index in [1.165, 1.54) is 0 Å². The summed E-state index contributed by atoms with van der Waals surface area (Å²) < 4.78 is 0. The maximum absolute atomic E-state index is 12.3. The Balaban J connectivity index is 2.31. The summed E-state index contributed by atoms with van der Waals surface area (Å²) in [6, 6.07) is 7.40. The van der Waals surface area contributed by atoms with Crippen LogP contribution >= 0.6 is 0 Å². The quantitative estimate of drug-likeness (QED) is 0.753. The lowest BCUT2D eigenvalue weighted by Crippen LogP contribution is -2.51. The smallest absolute Gasteiger partial charge is 0.276 e. The molecule has 0 bridgehead atoms. The van der Waals surface area contributed by atoms with E-state index in [4.69, 9.17) is 0 Å². The Bertz CT molecular complexity index is 467. The van der Waals surface area contributed by atoms with Gasteiger partial charge in [0.1, 0.15) is 0 Å². The summed E-state index contributed by atoms with van der Waals surface area (Å²) in [6.45, 7) is 5.69. The lowest BCUT2D eigenvalue weighted by atomic mass is 10.0. The van der Waals surface area contributed by atoms with Gasteiger partial charge in [-0.1, -0.05) is 44.9 Å². The van der Waals surface area contributed by atoms with Gasteiger partial charge in [0.25, 0.3) is 5.91 Å². The summed E-state index contributed by atoms with van der Waals surface area (Å²) in [7, 11) is 0. The van der Waals surface area contributed by atoms with Crippen molar-refractivity contribution in [2.75, 3.05) is 18.4 Å². The van der Waals surface area contributed by atoms with Crippen molar-refractivity contribution in [3.05, 3.63) is 29.8 Å². The molecular weight excluding hydrogens is 252 g/mol. The van der Waals surface area contributed by atoms with E-state index >= 15 is 0 Å². The van der Waals surface area contributed by atoms with Gasteiger partial charge in [-0.05, 0) is 18.9 Å². The molecule has 0 aromatic heterocycles. The van der Waals surface area contributed by atoms with E-state index < -0.39 is 5.72 Å². The van der Waals surface area contributed by atoms with E-state index in [1.807, 2.05) is 29.2 Å². The minimum Gasteiger partial charge on any atom is -0.364 e. The second kappa shape index (κ2) is 6.37. The van der Waals surface area contributed by atoms with Gasteiger partial charge in [-0.3, -0.25) is 9.69 Å². The Morgan fingerprint density at radius 1 is 1.15 bits per heavy atom. The molecule has 2 rings (SSSR count). The van der Waals surface area contributed by atoms with E-state index in [1.54, 1.807) is 0 Å². The fourth-order valence-corrected chi connectivity index (χ4v) is 2.68. The number of aliphatic hydroxyl groups is 1. The summed E-state index contributed by atoms with van der Waals surface area (Å²) in [4.78, 5) is 14.2. The number of fused-ring (bicyclic) bond motifs is 1. The molecule has 1 atom stereocenters. The van der Waals surface area contributed by atoms with Crippen molar-refractivity contribution >= 4 is 11.6 Å². The van der Waals surface area contributed by atoms with Crippen molar-refractivity contribution in [3.63, 3.8) is 0 Å². The van der Waals surface area contributed by atoms with Gasteiger partial charge in [0.05, 0.1) is 0 Å². The third kappa shape index (κ3) is 2.58. The van der Waals surface area contributed by atoms with Crippen LogP contribution in [0.25, 0.3) is 0 Å². The zero-order valence-corrected chi connectivity index (χ0v) is 12.4. The fourth-order valence-electron chi connectivity index (χ4n) is 2.68. The van der Waals surface area contributed by atoms with Crippen LogP contribution in [0.5, 0.6) is 0 Å². The van der Waals surface area contributed by atoms with E-state index in [9.17, 15) is 9.90 Å². The number of unbranched alkanes of at least 4 members (excludes halogenated alkanes) is 2. The first-order chi connectivity index (χ1) is 9.64. The lowest BCUT2D eigenvalue weighted by molar-refractivity contribution is -0.159. The Hall–Kier alpha value is -1.39. The van der Waals surface area contributed by atoms with E-state index in [0.29, 0.717) is 5.56 Å². The van der Waals surface area contributed by atoms with Crippen LogP contribution in [0.3, 0.4) is 0 Å². The van der Waals surface area contributed by atoms with Gasteiger partial charge in [0.15, 0.2) is 0 Å². The number of nitrogens with zero attached hydrogens (tertiary/aromatic N) is 1. The van der Waals surface area contributed by atoms with Crippen LogP contribution in [-0.2, 0) is 10.5 Å². The number of anilines is 1. The molecule has 0 saturated carbocycles. The lowest BCUT2D eigenvalue weighted by Gasteiger charge is -2.35. The first-order valence-corrected chi connectivity index (χ1v) is 7.53. The fraction of sp³-hybridized carbons (Fsp3) is 0.562. The van der Waals surface area contributed by atoms with Crippen LogP contribution in [0.4, 0.5) is 5.69 Å². The highest BCUT2D eigenvalue weighted by Crippen LogP contribution is 2.38. The first-order valence-electron chi connectivity index (χ1n) is 7.53. The summed E-state index contributed by atoms with van der Waals surface area (Å²) >= 11 is 0. The summed E-state index contributed by atoms with van der Waals surface area (Å²) in [6.07, 6.45) is 4.03. The molecule has 20 heavy (non-hydrogen) atoms. The van der Waals surface area contributed by atoms with Gasteiger partial charge in [-0.15, -0.1) is 0 Å². The third-order valence-corrected chi connectivity index (χ3v) is 3.89. The van der Waals surface area contributed by atoms with Crippen LogP contribution < -0.4 is 5.32 Å². The Labute approximate surface area is 120 Å². The number of nitrogens with one attached hydrogen (secondary N) is 1. The maximum Gasteiger partial charge on any atom is 0.276 e. The van der Waals surface area contributed by atoms with Gasteiger partial charge in [-0.25, -0.2) is 0 Å². The number of hydrogen-bond acceptors (Lipinski definition) is 3. The zero-order valence-electron chi connectivity index (χ0n) is 12.4. The molecule has 1 unspecified atom stereocenters. The number of para-hydroxylation sites is 1. The number of benzene rings is 1. The Kier molecular flexibility index (Phi) is 4.78. The van der Waals surface area contributed by atoms with Crippen molar-refractivity contribution in [1.82, 2.24) is 4.90 Å². The third-order valence-electron chi connectivity index (χ3n) is 3.89. The predicted molar refractivity (Wildman–Crippen MR) is 80.4 cm³/mol. The van der Waals surface area contributed by atoms with Crippen molar-refractivity contribution in [3.8, 4) is 0 Å². The Morgan fingerprint density at radius 3 is 2.35 bits per heavy atom. The molecule has 1 aromatic carbocycles. The van der Waals surface area contributed by atoms with Gasteiger partial charge >= 0.3 is 0 Å². The number of amides is 1. The molecular formula is C16H24N2O2. The molecule has 4 heteroatoms. The highest BCUT2D eigenvalue weighted by molar-refractivity contribution is 6.04. The highest BCUT2D eigenvalue weighted by atomic mass is 16.3. The first kappa shape index (κ1) is 15.0. The Morgan fingerprint density at radius 2 is 1.75 bits per heavy atom. The normalized spacial score (nSPS) is 21.1. The van der Waals surface area contributed by atoms with Gasteiger partial charge in [0.2, 0.25) is 5.72 Å². The van der Waals surface area contributed by atoms with Crippen LogP contribution in [0.1, 0.15) is 45.1 Å². The van der Waals surface area contributed by atoms with E-state index in [-0.39, 0.29) is 5.91 Å². The van der Waals surface area contributed by atoms with Crippen LogP contribution in [-0.4, -0.2) is 29.0 Å². The SMILES string of the molecule is CCCCN(CCCC)C1(O)C(=O)Nc2ccccc21.